The fourth-order valence-electron chi connectivity index (χ4n) is 1.48. The van der Waals surface area contributed by atoms with Crippen molar-refractivity contribution in [2.45, 2.75) is 6.92 Å². The Labute approximate surface area is 128 Å². The minimum absolute atomic E-state index is 0.0773. The van der Waals surface area contributed by atoms with Crippen LogP contribution < -0.4 is 0 Å². The van der Waals surface area contributed by atoms with Crippen LogP contribution in [0.3, 0.4) is 0 Å². The summed E-state index contributed by atoms with van der Waals surface area (Å²) >= 11 is 8.53. The third-order valence-corrected chi connectivity index (χ3v) is 4.59. The van der Waals surface area contributed by atoms with Crippen molar-refractivity contribution >= 4 is 56.4 Å². The Morgan fingerprint density at radius 1 is 1.55 bits per heavy atom. The molecule has 0 unspecified atom stereocenters. The van der Waals surface area contributed by atoms with Crippen molar-refractivity contribution < 1.29 is 9.72 Å². The molecular weight excluding hydrogens is 320 g/mol. The lowest BCUT2D eigenvalue weighted by molar-refractivity contribution is -0.384. The SMILES string of the molecule is CCSC1=NC(=Cc2cc([N+](=O)[O-])ccc2Cl)C(=O)S1. The molecule has 0 spiro atoms. The molecule has 0 aromatic heterocycles. The largest absolute Gasteiger partial charge is 0.279 e. The van der Waals surface area contributed by atoms with Gasteiger partial charge in [-0.15, -0.1) is 0 Å². The first kappa shape index (κ1) is 15.1. The van der Waals surface area contributed by atoms with Crippen LogP contribution in [0.25, 0.3) is 6.08 Å². The number of hydrogen-bond donors (Lipinski definition) is 0. The second-order valence-electron chi connectivity index (χ2n) is 3.69. The van der Waals surface area contributed by atoms with Crippen LogP contribution in [0.15, 0.2) is 28.9 Å². The topological polar surface area (TPSA) is 72.6 Å². The Morgan fingerprint density at radius 3 is 2.95 bits per heavy atom. The molecule has 1 aromatic rings. The number of non-ortho nitro benzene ring substituents is 1. The predicted octanol–water partition coefficient (Wildman–Crippen LogP) is 3.97. The fraction of sp³-hybridized carbons (Fsp3) is 0.167. The second-order valence-corrected chi connectivity index (χ2v) is 6.57. The van der Waals surface area contributed by atoms with E-state index in [1.165, 1.54) is 36.0 Å². The van der Waals surface area contributed by atoms with E-state index in [4.69, 9.17) is 11.6 Å². The third kappa shape index (κ3) is 3.41. The monoisotopic (exact) mass is 328 g/mol. The van der Waals surface area contributed by atoms with Crippen LogP contribution in [-0.4, -0.2) is 20.2 Å². The third-order valence-electron chi connectivity index (χ3n) is 2.35. The van der Waals surface area contributed by atoms with Crippen LogP contribution >= 0.6 is 35.1 Å². The lowest BCUT2D eigenvalue weighted by atomic mass is 10.1. The van der Waals surface area contributed by atoms with Gasteiger partial charge in [0.2, 0.25) is 5.12 Å². The van der Waals surface area contributed by atoms with Crippen molar-refractivity contribution in [2.24, 2.45) is 4.99 Å². The Kier molecular flexibility index (Phi) is 4.85. The number of benzene rings is 1. The van der Waals surface area contributed by atoms with Gasteiger partial charge in [-0.05, 0) is 29.7 Å². The molecule has 0 amide bonds. The minimum atomic E-state index is -0.509. The van der Waals surface area contributed by atoms with Crippen molar-refractivity contribution in [1.29, 1.82) is 0 Å². The summed E-state index contributed by atoms with van der Waals surface area (Å²) in [5.41, 5.74) is 0.594. The molecule has 0 N–H and O–H groups in total. The molecule has 1 aliphatic heterocycles. The van der Waals surface area contributed by atoms with Gasteiger partial charge in [0, 0.05) is 22.7 Å². The lowest BCUT2D eigenvalue weighted by Gasteiger charge is -1.99. The predicted molar refractivity (Wildman–Crippen MR) is 84.2 cm³/mol. The quantitative estimate of drug-likeness (QED) is 0.477. The number of thioether (sulfide) groups is 2. The zero-order valence-corrected chi connectivity index (χ0v) is 12.7. The molecule has 1 aromatic carbocycles. The average molecular weight is 329 g/mol. The Hall–Kier alpha value is -1.31. The highest BCUT2D eigenvalue weighted by molar-refractivity contribution is 8.45. The highest BCUT2D eigenvalue weighted by atomic mass is 35.5. The molecule has 0 bridgehead atoms. The van der Waals surface area contributed by atoms with Gasteiger partial charge in [0.15, 0.2) is 0 Å². The van der Waals surface area contributed by atoms with E-state index in [0.717, 1.165) is 17.5 Å². The molecule has 8 heteroatoms. The van der Waals surface area contributed by atoms with E-state index < -0.39 is 4.92 Å². The number of rotatable bonds is 3. The minimum Gasteiger partial charge on any atom is -0.279 e. The molecule has 0 saturated carbocycles. The number of aliphatic imine (C=N–C) groups is 1. The van der Waals surface area contributed by atoms with Gasteiger partial charge in [0.25, 0.3) is 5.69 Å². The first-order valence-corrected chi connectivity index (χ1v) is 7.78. The fourth-order valence-corrected chi connectivity index (χ4v) is 3.39. The van der Waals surface area contributed by atoms with E-state index in [9.17, 15) is 14.9 Å². The number of nitro groups is 1. The highest BCUT2D eigenvalue weighted by Gasteiger charge is 2.22. The zero-order chi connectivity index (χ0) is 14.7. The summed E-state index contributed by atoms with van der Waals surface area (Å²) in [5.74, 6) is 0.823. The number of nitro benzene ring substituents is 1. The first-order valence-electron chi connectivity index (χ1n) is 5.60. The average Bonchev–Trinajstić information content (AvgIpc) is 2.72. The van der Waals surface area contributed by atoms with E-state index in [0.29, 0.717) is 15.0 Å². The molecular formula is C12H9ClN2O3S2. The summed E-state index contributed by atoms with van der Waals surface area (Å²) in [7, 11) is 0. The van der Waals surface area contributed by atoms with Gasteiger partial charge in [-0.2, -0.15) is 0 Å². The molecule has 5 nitrogen and oxygen atoms in total. The van der Waals surface area contributed by atoms with Crippen LogP contribution in [0, 0.1) is 10.1 Å². The molecule has 104 valence electrons. The van der Waals surface area contributed by atoms with Gasteiger partial charge >= 0.3 is 0 Å². The van der Waals surface area contributed by atoms with Crippen LogP contribution in [0.4, 0.5) is 5.69 Å². The lowest BCUT2D eigenvalue weighted by Crippen LogP contribution is -1.91. The van der Waals surface area contributed by atoms with Crippen molar-refractivity contribution in [2.75, 3.05) is 5.75 Å². The van der Waals surface area contributed by atoms with Gasteiger partial charge < -0.3 is 0 Å². The molecule has 20 heavy (non-hydrogen) atoms. The van der Waals surface area contributed by atoms with Crippen LogP contribution in [0.1, 0.15) is 12.5 Å². The van der Waals surface area contributed by atoms with E-state index in [1.54, 1.807) is 0 Å². The maximum absolute atomic E-state index is 11.8. The summed E-state index contributed by atoms with van der Waals surface area (Å²) in [5, 5.41) is 10.9. The van der Waals surface area contributed by atoms with Gasteiger partial charge in [-0.1, -0.05) is 30.3 Å². The number of halogens is 1. The first-order chi connectivity index (χ1) is 9.51. The molecule has 0 aliphatic carbocycles. The standard InChI is InChI=1S/C12H9ClN2O3S2/c1-2-19-12-14-10(11(16)20-12)6-7-5-8(15(17)18)3-4-9(7)13/h3-6H,2H2,1H3. The molecule has 0 saturated heterocycles. The van der Waals surface area contributed by atoms with Crippen LogP contribution in [-0.2, 0) is 4.79 Å². The second kappa shape index (κ2) is 6.43. The van der Waals surface area contributed by atoms with E-state index >= 15 is 0 Å². The van der Waals surface area contributed by atoms with Crippen molar-refractivity contribution in [1.82, 2.24) is 0 Å². The van der Waals surface area contributed by atoms with Gasteiger partial charge in [-0.25, -0.2) is 4.99 Å². The van der Waals surface area contributed by atoms with E-state index in [-0.39, 0.29) is 16.5 Å². The summed E-state index contributed by atoms with van der Waals surface area (Å²) in [6.07, 6.45) is 1.48. The highest BCUT2D eigenvalue weighted by Crippen LogP contribution is 2.32. The number of carbonyl (C=O) groups is 1. The van der Waals surface area contributed by atoms with Crippen LogP contribution in [0.5, 0.6) is 0 Å². The number of hydrogen-bond acceptors (Lipinski definition) is 6. The maximum atomic E-state index is 11.8. The molecule has 2 rings (SSSR count). The van der Waals surface area contributed by atoms with Crippen molar-refractivity contribution in [3.8, 4) is 0 Å². The van der Waals surface area contributed by atoms with E-state index in [2.05, 4.69) is 4.99 Å². The molecule has 1 heterocycles. The number of nitrogens with zero attached hydrogens (tertiary/aromatic N) is 2. The molecule has 0 fully saturated rings. The molecule has 1 aliphatic rings. The van der Waals surface area contributed by atoms with Gasteiger partial charge in [0.05, 0.1) is 4.92 Å². The van der Waals surface area contributed by atoms with Gasteiger partial charge in [-0.3, -0.25) is 14.9 Å². The smallest absolute Gasteiger partial charge is 0.270 e. The summed E-state index contributed by atoms with van der Waals surface area (Å²) in [4.78, 5) is 26.2. The molecule has 0 atom stereocenters. The van der Waals surface area contributed by atoms with Crippen LogP contribution in [0.2, 0.25) is 5.02 Å². The number of carbonyl (C=O) groups excluding carboxylic acids is 1. The molecule has 0 radical (unpaired) electrons. The van der Waals surface area contributed by atoms with Crippen molar-refractivity contribution in [3.63, 3.8) is 0 Å². The summed E-state index contributed by atoms with van der Waals surface area (Å²) in [6.45, 7) is 1.97. The summed E-state index contributed by atoms with van der Waals surface area (Å²) < 4.78 is 0.685. The normalized spacial score (nSPS) is 16.6. The Balaban J connectivity index is 2.37. The Bertz CT molecular complexity index is 644. The van der Waals surface area contributed by atoms with Gasteiger partial charge in [0.1, 0.15) is 10.1 Å². The summed E-state index contributed by atoms with van der Waals surface area (Å²) in [6, 6.07) is 4.08. The Morgan fingerprint density at radius 2 is 2.30 bits per heavy atom. The van der Waals surface area contributed by atoms with Crippen molar-refractivity contribution in [3.05, 3.63) is 44.6 Å². The van der Waals surface area contributed by atoms with E-state index in [1.807, 2.05) is 6.92 Å². The maximum Gasteiger partial charge on any atom is 0.270 e. The zero-order valence-electron chi connectivity index (χ0n) is 10.3.